The normalized spacial score (nSPS) is 12.4. The van der Waals surface area contributed by atoms with Gasteiger partial charge in [0.25, 0.3) is 0 Å². The Morgan fingerprint density at radius 1 is 1.05 bits per heavy atom. The summed E-state index contributed by atoms with van der Waals surface area (Å²) in [5, 5.41) is 0. The lowest BCUT2D eigenvalue weighted by Crippen LogP contribution is -2.30. The average molecular weight is 284 g/mol. The smallest absolute Gasteiger partial charge is 0.0544 e. The summed E-state index contributed by atoms with van der Waals surface area (Å²) in [6.45, 7) is 1.38. The van der Waals surface area contributed by atoms with Gasteiger partial charge >= 0.3 is 0 Å². The van der Waals surface area contributed by atoms with E-state index >= 15 is 0 Å². The molecule has 0 aliphatic carbocycles. The standard InChI is InChI=1S/C17H24N4/c1-20(2)16-9-7-14(8-10-16)17(12-18)21(3)13-15-6-4-5-11-19-15/h4-11,17H,12-13,18H2,1-3H3. The average Bonchev–Trinajstić information content (AvgIpc) is 2.49. The monoisotopic (exact) mass is 284 g/mol. The zero-order valence-electron chi connectivity index (χ0n) is 13.0. The Morgan fingerprint density at radius 3 is 2.29 bits per heavy atom. The van der Waals surface area contributed by atoms with E-state index in [9.17, 15) is 0 Å². The van der Waals surface area contributed by atoms with Gasteiger partial charge in [0.1, 0.15) is 0 Å². The third-order valence-corrected chi connectivity index (χ3v) is 3.69. The molecular formula is C17H24N4. The number of pyridine rings is 1. The number of rotatable bonds is 6. The minimum atomic E-state index is 0.197. The fourth-order valence-electron chi connectivity index (χ4n) is 2.42. The number of nitrogens with two attached hydrogens (primary N) is 1. The van der Waals surface area contributed by atoms with E-state index in [-0.39, 0.29) is 6.04 Å². The van der Waals surface area contributed by atoms with Crippen LogP contribution in [0.2, 0.25) is 0 Å². The van der Waals surface area contributed by atoms with Gasteiger partial charge in [-0.25, -0.2) is 0 Å². The number of nitrogens with zero attached hydrogens (tertiary/aromatic N) is 3. The van der Waals surface area contributed by atoms with Crippen molar-refractivity contribution in [3.05, 3.63) is 59.9 Å². The van der Waals surface area contributed by atoms with Crippen molar-refractivity contribution in [1.29, 1.82) is 0 Å². The molecule has 0 saturated carbocycles. The van der Waals surface area contributed by atoms with E-state index in [0.29, 0.717) is 6.54 Å². The third-order valence-electron chi connectivity index (χ3n) is 3.69. The summed E-state index contributed by atoms with van der Waals surface area (Å²) in [4.78, 5) is 8.72. The summed E-state index contributed by atoms with van der Waals surface area (Å²) in [5.74, 6) is 0. The highest BCUT2D eigenvalue weighted by molar-refractivity contribution is 5.46. The largest absolute Gasteiger partial charge is 0.378 e. The number of hydrogen-bond donors (Lipinski definition) is 1. The van der Waals surface area contributed by atoms with E-state index in [1.165, 1.54) is 11.3 Å². The van der Waals surface area contributed by atoms with Crippen LogP contribution in [0, 0.1) is 0 Å². The molecule has 4 heteroatoms. The summed E-state index contributed by atoms with van der Waals surface area (Å²) in [6.07, 6.45) is 1.83. The van der Waals surface area contributed by atoms with Gasteiger partial charge in [0, 0.05) is 45.1 Å². The molecule has 0 bridgehead atoms. The molecule has 1 atom stereocenters. The maximum absolute atomic E-state index is 5.98. The predicted molar refractivity (Wildman–Crippen MR) is 88.3 cm³/mol. The number of likely N-dealkylation sites (N-methyl/N-ethyl adjacent to an activating group) is 1. The van der Waals surface area contributed by atoms with Gasteiger partial charge in [0.2, 0.25) is 0 Å². The first-order valence-corrected chi connectivity index (χ1v) is 7.19. The Bertz CT molecular complexity index is 536. The number of benzene rings is 1. The molecule has 4 nitrogen and oxygen atoms in total. The van der Waals surface area contributed by atoms with Crippen LogP contribution in [0.15, 0.2) is 48.7 Å². The molecule has 0 amide bonds. The lowest BCUT2D eigenvalue weighted by Gasteiger charge is -2.27. The molecule has 112 valence electrons. The second kappa shape index (κ2) is 7.20. The first-order valence-electron chi connectivity index (χ1n) is 7.19. The molecule has 1 aromatic heterocycles. The van der Waals surface area contributed by atoms with Gasteiger partial charge in [0.05, 0.1) is 5.69 Å². The SMILES string of the molecule is CN(C)c1ccc(C(CN)N(C)Cc2ccccn2)cc1. The molecule has 0 saturated heterocycles. The Kier molecular flexibility index (Phi) is 5.31. The van der Waals surface area contributed by atoms with Crippen LogP contribution < -0.4 is 10.6 Å². The number of anilines is 1. The van der Waals surface area contributed by atoms with E-state index in [2.05, 4.69) is 46.1 Å². The first-order chi connectivity index (χ1) is 10.1. The van der Waals surface area contributed by atoms with Gasteiger partial charge in [-0.3, -0.25) is 9.88 Å². The zero-order chi connectivity index (χ0) is 15.2. The highest BCUT2D eigenvalue weighted by atomic mass is 15.1. The molecule has 0 spiro atoms. The van der Waals surface area contributed by atoms with Crippen LogP contribution in [0.5, 0.6) is 0 Å². The van der Waals surface area contributed by atoms with Crippen LogP contribution in [-0.2, 0) is 6.54 Å². The maximum Gasteiger partial charge on any atom is 0.0544 e. The minimum absolute atomic E-state index is 0.197. The summed E-state index contributed by atoms with van der Waals surface area (Å²) in [6, 6.07) is 14.8. The minimum Gasteiger partial charge on any atom is -0.378 e. The summed E-state index contributed by atoms with van der Waals surface area (Å²) >= 11 is 0. The van der Waals surface area contributed by atoms with Gasteiger partial charge < -0.3 is 10.6 Å². The second-order valence-corrected chi connectivity index (χ2v) is 5.47. The quantitative estimate of drug-likeness (QED) is 0.884. The van der Waals surface area contributed by atoms with Crippen molar-refractivity contribution in [3.8, 4) is 0 Å². The van der Waals surface area contributed by atoms with E-state index in [1.54, 1.807) is 0 Å². The highest BCUT2D eigenvalue weighted by Crippen LogP contribution is 2.22. The number of hydrogen-bond acceptors (Lipinski definition) is 4. The molecule has 1 unspecified atom stereocenters. The van der Waals surface area contributed by atoms with Crippen LogP contribution in [0.4, 0.5) is 5.69 Å². The summed E-state index contributed by atoms with van der Waals surface area (Å²) < 4.78 is 0. The molecule has 21 heavy (non-hydrogen) atoms. The molecular weight excluding hydrogens is 260 g/mol. The Balaban J connectivity index is 2.11. The molecule has 0 fully saturated rings. The predicted octanol–water partition coefficient (Wildman–Crippen LogP) is 2.28. The molecule has 2 rings (SSSR count). The molecule has 2 N–H and O–H groups in total. The van der Waals surface area contributed by atoms with Crippen LogP contribution in [0.25, 0.3) is 0 Å². The molecule has 0 aliphatic rings. The van der Waals surface area contributed by atoms with Crippen molar-refractivity contribution in [1.82, 2.24) is 9.88 Å². The van der Waals surface area contributed by atoms with E-state index < -0.39 is 0 Å². The van der Waals surface area contributed by atoms with Gasteiger partial charge in [-0.15, -0.1) is 0 Å². The van der Waals surface area contributed by atoms with Gasteiger partial charge in [-0.2, -0.15) is 0 Å². The van der Waals surface area contributed by atoms with Crippen molar-refractivity contribution in [2.75, 3.05) is 32.6 Å². The van der Waals surface area contributed by atoms with Crippen LogP contribution >= 0.6 is 0 Å². The Hall–Kier alpha value is -1.91. The zero-order valence-corrected chi connectivity index (χ0v) is 13.0. The van der Waals surface area contributed by atoms with Crippen LogP contribution in [0.1, 0.15) is 17.3 Å². The van der Waals surface area contributed by atoms with Crippen molar-refractivity contribution in [2.24, 2.45) is 5.73 Å². The van der Waals surface area contributed by atoms with E-state index in [4.69, 9.17) is 5.73 Å². The van der Waals surface area contributed by atoms with E-state index in [0.717, 1.165) is 12.2 Å². The fourth-order valence-corrected chi connectivity index (χ4v) is 2.42. The molecule has 0 radical (unpaired) electrons. The Labute approximate surface area is 127 Å². The highest BCUT2D eigenvalue weighted by Gasteiger charge is 2.16. The molecule has 1 heterocycles. The molecule has 0 aliphatic heterocycles. The lowest BCUT2D eigenvalue weighted by atomic mass is 10.0. The number of aromatic nitrogens is 1. The van der Waals surface area contributed by atoms with Crippen molar-refractivity contribution < 1.29 is 0 Å². The van der Waals surface area contributed by atoms with Crippen molar-refractivity contribution >= 4 is 5.69 Å². The van der Waals surface area contributed by atoms with Crippen LogP contribution in [0.3, 0.4) is 0 Å². The Morgan fingerprint density at radius 2 is 1.76 bits per heavy atom. The third kappa shape index (κ3) is 4.03. The lowest BCUT2D eigenvalue weighted by molar-refractivity contribution is 0.239. The van der Waals surface area contributed by atoms with E-state index in [1.807, 2.05) is 38.5 Å². The fraction of sp³-hybridized carbons (Fsp3) is 0.353. The summed E-state index contributed by atoms with van der Waals surface area (Å²) in [5.41, 5.74) is 9.48. The van der Waals surface area contributed by atoms with Crippen molar-refractivity contribution in [3.63, 3.8) is 0 Å². The van der Waals surface area contributed by atoms with Gasteiger partial charge in [0.15, 0.2) is 0 Å². The van der Waals surface area contributed by atoms with Crippen LogP contribution in [-0.4, -0.2) is 37.6 Å². The van der Waals surface area contributed by atoms with Crippen molar-refractivity contribution in [2.45, 2.75) is 12.6 Å². The van der Waals surface area contributed by atoms with Gasteiger partial charge in [-0.05, 0) is 36.9 Å². The molecule has 2 aromatic rings. The first kappa shape index (κ1) is 15.5. The topological polar surface area (TPSA) is 45.4 Å². The maximum atomic E-state index is 5.98. The molecule has 1 aromatic carbocycles. The van der Waals surface area contributed by atoms with Gasteiger partial charge in [-0.1, -0.05) is 18.2 Å². The summed E-state index contributed by atoms with van der Waals surface area (Å²) in [7, 11) is 6.18. The second-order valence-electron chi connectivity index (χ2n) is 5.47.